The molecule has 6 heteroatoms. The van der Waals surface area contributed by atoms with Gasteiger partial charge in [0.2, 0.25) is 0 Å². The van der Waals surface area contributed by atoms with Crippen LogP contribution in [-0.4, -0.2) is 52.9 Å². The molecule has 0 radical (unpaired) electrons. The summed E-state index contributed by atoms with van der Waals surface area (Å²) < 4.78 is 2.40. The van der Waals surface area contributed by atoms with Crippen molar-refractivity contribution in [1.82, 2.24) is 4.31 Å². The van der Waals surface area contributed by atoms with Crippen LogP contribution in [-0.2, 0) is 0 Å². The van der Waals surface area contributed by atoms with E-state index in [1.54, 1.807) is 0 Å². The summed E-state index contributed by atoms with van der Waals surface area (Å²) in [7, 11) is 1.98. The van der Waals surface area contributed by atoms with Gasteiger partial charge in [-0.2, -0.15) is 0 Å². The Labute approximate surface area is 121 Å². The predicted octanol–water partition coefficient (Wildman–Crippen LogP) is 2.93. The molecule has 0 saturated carbocycles. The normalized spacial score (nSPS) is 13.0. The molecule has 0 aromatic rings. The van der Waals surface area contributed by atoms with E-state index < -0.39 is 8.07 Å². The summed E-state index contributed by atoms with van der Waals surface area (Å²) in [5.41, 5.74) is 0. The smallest absolute Gasteiger partial charge is 0.109 e. The van der Waals surface area contributed by atoms with Crippen LogP contribution in [0.3, 0.4) is 0 Å². The molecule has 0 atom stereocenters. The first-order valence-electron chi connectivity index (χ1n) is 6.66. The molecule has 0 aliphatic carbocycles. The lowest BCUT2D eigenvalue weighted by Gasteiger charge is -2.28. The topological polar surface area (TPSA) is 43.7 Å². The van der Waals surface area contributed by atoms with Crippen molar-refractivity contribution in [3.05, 3.63) is 0 Å². The second kappa shape index (κ2) is 9.66. The van der Waals surface area contributed by atoms with Crippen molar-refractivity contribution in [2.24, 2.45) is 0 Å². The van der Waals surface area contributed by atoms with E-state index in [4.69, 9.17) is 0 Å². The van der Waals surface area contributed by atoms with Crippen molar-refractivity contribution in [1.29, 1.82) is 0 Å². The summed E-state index contributed by atoms with van der Waals surface area (Å²) in [6, 6.07) is 2.12. The number of rotatable bonds is 10. The molecule has 0 rings (SSSR count). The largest absolute Gasteiger partial charge is 0.400 e. The Bertz CT molecular complexity index is 206. The van der Waals surface area contributed by atoms with Crippen LogP contribution in [0.25, 0.3) is 0 Å². The van der Waals surface area contributed by atoms with E-state index in [2.05, 4.69) is 38.5 Å². The zero-order valence-electron chi connectivity index (χ0n) is 12.3. The van der Waals surface area contributed by atoms with Gasteiger partial charge in [-0.1, -0.05) is 23.4 Å². The van der Waals surface area contributed by atoms with Crippen LogP contribution in [0, 0.1) is 0 Å². The Morgan fingerprint density at radius 3 is 1.94 bits per heavy atom. The molecule has 110 valence electrons. The van der Waals surface area contributed by atoms with Crippen LogP contribution in [0.5, 0.6) is 0 Å². The Morgan fingerprint density at radius 2 is 1.56 bits per heavy atom. The van der Waals surface area contributed by atoms with Gasteiger partial charge in [-0.25, -0.2) is 4.31 Å². The van der Waals surface area contributed by atoms with Gasteiger partial charge in [0, 0.05) is 30.3 Å². The average molecular weight is 312 g/mol. The molecule has 0 unspecified atom stereocenters. The lowest BCUT2D eigenvalue weighted by atomic mass is 10.3. The molecular formula is C12H29NO2S2Si. The van der Waals surface area contributed by atoms with E-state index in [-0.39, 0.29) is 12.5 Å². The number of aliphatic hydroxyl groups is 2. The van der Waals surface area contributed by atoms with Gasteiger partial charge in [0.1, 0.15) is 8.07 Å². The molecule has 2 N–H and O–H groups in total. The Morgan fingerprint density at radius 1 is 1.06 bits per heavy atom. The highest BCUT2D eigenvalue weighted by atomic mass is 33.1. The molecule has 0 aromatic carbocycles. The molecule has 0 saturated heterocycles. The van der Waals surface area contributed by atoms with Crippen molar-refractivity contribution in [3.8, 4) is 0 Å². The molecule has 0 aliphatic heterocycles. The van der Waals surface area contributed by atoms with Crippen LogP contribution in [0.1, 0.15) is 34.1 Å². The van der Waals surface area contributed by atoms with Crippen molar-refractivity contribution < 1.29 is 10.2 Å². The molecule has 0 amide bonds. The predicted molar refractivity (Wildman–Crippen MR) is 87.4 cm³/mol. The second-order valence-corrected chi connectivity index (χ2v) is 12.8. The number of hydrogen-bond acceptors (Lipinski definition) is 5. The first-order valence-corrected chi connectivity index (χ1v) is 12.1. The summed E-state index contributed by atoms with van der Waals surface area (Å²) in [5.74, 6) is 1.09. The third-order valence-electron chi connectivity index (χ3n) is 2.93. The van der Waals surface area contributed by atoms with Gasteiger partial charge in [0.25, 0.3) is 0 Å². The van der Waals surface area contributed by atoms with Gasteiger partial charge < -0.3 is 10.2 Å². The minimum Gasteiger partial charge on any atom is -0.400 e. The highest BCUT2D eigenvalue weighted by Crippen LogP contribution is 2.31. The molecule has 0 bridgehead atoms. The molecule has 0 heterocycles. The van der Waals surface area contributed by atoms with E-state index in [0.29, 0.717) is 12.1 Å². The van der Waals surface area contributed by atoms with E-state index in [9.17, 15) is 10.2 Å². The lowest BCUT2D eigenvalue weighted by molar-refractivity contribution is 0.320. The third kappa shape index (κ3) is 7.40. The van der Waals surface area contributed by atoms with Gasteiger partial charge in [0.15, 0.2) is 0 Å². The number of aliphatic hydroxyl groups excluding tert-OH is 2. The minimum atomic E-state index is -1.74. The Hall–Kier alpha value is 0.797. The fraction of sp³-hybridized carbons (Fsp3) is 1.00. The van der Waals surface area contributed by atoms with Gasteiger partial charge in [-0.3, -0.25) is 0 Å². The van der Waals surface area contributed by atoms with E-state index >= 15 is 0 Å². The zero-order chi connectivity index (χ0) is 14.2. The van der Waals surface area contributed by atoms with Crippen LogP contribution in [0.4, 0.5) is 0 Å². The standard InChI is InChI=1S/C12H29NO2S2Si/c1-11(2)13(12(3)4)17-16-7-6-8-18(5,9-14)10-15/h11-12,14-15H,6-10H2,1-5H3. The maximum Gasteiger partial charge on any atom is 0.109 e. The lowest BCUT2D eigenvalue weighted by Crippen LogP contribution is -2.40. The summed E-state index contributed by atoms with van der Waals surface area (Å²) in [6.07, 6.45) is 1.49. The zero-order valence-corrected chi connectivity index (χ0v) is 15.0. The quantitative estimate of drug-likeness (QED) is 0.281. The molecule has 0 fully saturated rings. The minimum absolute atomic E-state index is 0.200. The molecule has 0 aromatic heterocycles. The number of nitrogens with zero attached hydrogens (tertiary/aromatic N) is 1. The van der Waals surface area contributed by atoms with Crippen molar-refractivity contribution >= 4 is 29.8 Å². The fourth-order valence-electron chi connectivity index (χ4n) is 1.63. The first-order chi connectivity index (χ1) is 8.36. The summed E-state index contributed by atoms with van der Waals surface area (Å²) in [6.45, 7) is 10.9. The fourth-order valence-corrected chi connectivity index (χ4v) is 6.11. The van der Waals surface area contributed by atoms with Crippen LogP contribution < -0.4 is 0 Å². The molecule has 18 heavy (non-hydrogen) atoms. The monoisotopic (exact) mass is 311 g/mol. The van der Waals surface area contributed by atoms with Crippen molar-refractivity contribution in [2.45, 2.75) is 58.8 Å². The molecule has 3 nitrogen and oxygen atoms in total. The van der Waals surface area contributed by atoms with Crippen LogP contribution >= 0.6 is 21.8 Å². The Kier molecular flexibility index (Phi) is 10.1. The summed E-state index contributed by atoms with van der Waals surface area (Å²) >= 11 is 0. The van der Waals surface area contributed by atoms with E-state index in [0.717, 1.165) is 18.2 Å². The summed E-state index contributed by atoms with van der Waals surface area (Å²) in [5, 5.41) is 18.5. The third-order valence-corrected chi connectivity index (χ3v) is 8.92. The average Bonchev–Trinajstić information content (AvgIpc) is 2.32. The van der Waals surface area contributed by atoms with Gasteiger partial charge in [-0.05, 0) is 45.1 Å². The van der Waals surface area contributed by atoms with Gasteiger partial charge in [-0.15, -0.1) is 0 Å². The second-order valence-electron chi connectivity index (χ2n) is 5.67. The molecular weight excluding hydrogens is 282 g/mol. The maximum atomic E-state index is 9.26. The number of hydrogen-bond donors (Lipinski definition) is 2. The highest BCUT2D eigenvalue weighted by molar-refractivity contribution is 8.75. The highest BCUT2D eigenvalue weighted by Gasteiger charge is 2.24. The van der Waals surface area contributed by atoms with Crippen LogP contribution in [0.15, 0.2) is 0 Å². The Balaban J connectivity index is 3.79. The first kappa shape index (κ1) is 18.8. The van der Waals surface area contributed by atoms with E-state index in [1.807, 2.05) is 21.8 Å². The van der Waals surface area contributed by atoms with Crippen molar-refractivity contribution in [2.75, 3.05) is 18.2 Å². The SMILES string of the molecule is CC(C)N(SSCCC[Si](C)(CO)CO)C(C)C. The van der Waals surface area contributed by atoms with Gasteiger partial charge >= 0.3 is 0 Å². The van der Waals surface area contributed by atoms with Crippen LogP contribution in [0.2, 0.25) is 12.6 Å². The maximum absolute atomic E-state index is 9.26. The van der Waals surface area contributed by atoms with Gasteiger partial charge in [0.05, 0.1) is 0 Å². The van der Waals surface area contributed by atoms with E-state index in [1.165, 1.54) is 0 Å². The molecule has 0 spiro atoms. The van der Waals surface area contributed by atoms with Crippen molar-refractivity contribution in [3.63, 3.8) is 0 Å². The molecule has 0 aliphatic rings. The summed E-state index contributed by atoms with van der Waals surface area (Å²) in [4.78, 5) is 0.